The molecule has 25 heavy (non-hydrogen) atoms. The molecule has 3 rings (SSSR count). The molecule has 1 aromatic heterocycles. The summed E-state index contributed by atoms with van der Waals surface area (Å²) in [4.78, 5) is 16.4. The number of anilines is 1. The SMILES string of the molecule is CCC1=C(C(=O)OC)[C@@H](c2ccc(C(F)(F)F)cc2)n2ncnc2N1. The molecule has 0 fully saturated rings. The van der Waals surface area contributed by atoms with Gasteiger partial charge >= 0.3 is 12.1 Å². The lowest BCUT2D eigenvalue weighted by Gasteiger charge is -2.29. The zero-order valence-electron chi connectivity index (χ0n) is 13.5. The van der Waals surface area contributed by atoms with Gasteiger partial charge in [0, 0.05) is 5.70 Å². The van der Waals surface area contributed by atoms with Crippen molar-refractivity contribution >= 4 is 11.9 Å². The quantitative estimate of drug-likeness (QED) is 0.860. The van der Waals surface area contributed by atoms with Crippen molar-refractivity contribution < 1.29 is 22.7 Å². The van der Waals surface area contributed by atoms with Crippen LogP contribution in [0.4, 0.5) is 19.1 Å². The van der Waals surface area contributed by atoms with Crippen LogP contribution < -0.4 is 5.32 Å². The van der Waals surface area contributed by atoms with Crippen molar-refractivity contribution in [3.05, 3.63) is 53.0 Å². The number of hydrogen-bond donors (Lipinski definition) is 1. The van der Waals surface area contributed by atoms with Crippen LogP contribution in [0.2, 0.25) is 0 Å². The number of carbonyl (C=O) groups excluding carboxylic acids is 1. The molecule has 0 amide bonds. The third-order valence-electron chi connectivity index (χ3n) is 3.99. The van der Waals surface area contributed by atoms with Gasteiger partial charge in [-0.25, -0.2) is 9.48 Å². The van der Waals surface area contributed by atoms with Gasteiger partial charge in [-0.2, -0.15) is 23.3 Å². The topological polar surface area (TPSA) is 69.0 Å². The lowest BCUT2D eigenvalue weighted by molar-refractivity contribution is -0.138. The summed E-state index contributed by atoms with van der Waals surface area (Å²) >= 11 is 0. The molecule has 2 heterocycles. The van der Waals surface area contributed by atoms with Gasteiger partial charge in [-0.05, 0) is 24.1 Å². The highest BCUT2D eigenvalue weighted by Gasteiger charge is 2.36. The van der Waals surface area contributed by atoms with Crippen molar-refractivity contribution in [1.82, 2.24) is 14.8 Å². The van der Waals surface area contributed by atoms with E-state index in [0.29, 0.717) is 29.2 Å². The van der Waals surface area contributed by atoms with E-state index in [1.165, 1.54) is 30.3 Å². The van der Waals surface area contributed by atoms with Gasteiger partial charge in [0.05, 0.1) is 18.2 Å². The van der Waals surface area contributed by atoms with Gasteiger partial charge < -0.3 is 10.1 Å². The largest absolute Gasteiger partial charge is 0.466 e. The third-order valence-corrected chi connectivity index (χ3v) is 3.99. The van der Waals surface area contributed by atoms with Crippen LogP contribution in [0.3, 0.4) is 0 Å². The number of hydrogen-bond acceptors (Lipinski definition) is 5. The van der Waals surface area contributed by atoms with Gasteiger partial charge in [-0.1, -0.05) is 19.1 Å². The summed E-state index contributed by atoms with van der Waals surface area (Å²) < 4.78 is 44.7. The van der Waals surface area contributed by atoms with E-state index >= 15 is 0 Å². The number of esters is 1. The lowest BCUT2D eigenvalue weighted by atomic mass is 9.94. The summed E-state index contributed by atoms with van der Waals surface area (Å²) in [5, 5.41) is 7.12. The van der Waals surface area contributed by atoms with Gasteiger partial charge in [0.25, 0.3) is 0 Å². The summed E-state index contributed by atoms with van der Waals surface area (Å²) in [7, 11) is 1.25. The molecule has 132 valence electrons. The maximum Gasteiger partial charge on any atom is 0.416 e. The Morgan fingerprint density at radius 1 is 1.32 bits per heavy atom. The molecule has 1 aromatic carbocycles. The fourth-order valence-corrected chi connectivity index (χ4v) is 2.80. The number of aromatic nitrogens is 3. The van der Waals surface area contributed by atoms with Gasteiger partial charge in [-0.15, -0.1) is 0 Å². The Kier molecular flexibility index (Phi) is 4.23. The van der Waals surface area contributed by atoms with Crippen LogP contribution >= 0.6 is 0 Å². The number of rotatable bonds is 3. The highest BCUT2D eigenvalue weighted by atomic mass is 19.4. The average Bonchev–Trinajstić information content (AvgIpc) is 3.06. The second-order valence-corrected chi connectivity index (χ2v) is 5.41. The third kappa shape index (κ3) is 2.97. The first kappa shape index (κ1) is 17.0. The predicted molar refractivity (Wildman–Crippen MR) is 82.6 cm³/mol. The van der Waals surface area contributed by atoms with E-state index in [1.54, 1.807) is 0 Å². The Morgan fingerprint density at radius 2 is 2.00 bits per heavy atom. The fraction of sp³-hybridized carbons (Fsp3) is 0.312. The smallest absolute Gasteiger partial charge is 0.416 e. The Bertz CT molecular complexity index is 825. The first-order valence-corrected chi connectivity index (χ1v) is 7.51. The maximum atomic E-state index is 12.8. The molecule has 1 aliphatic rings. The number of methoxy groups -OCH3 is 1. The van der Waals surface area contributed by atoms with E-state index in [4.69, 9.17) is 4.74 Å². The van der Waals surface area contributed by atoms with E-state index in [2.05, 4.69) is 15.4 Å². The van der Waals surface area contributed by atoms with Crippen molar-refractivity contribution in [2.45, 2.75) is 25.6 Å². The minimum Gasteiger partial charge on any atom is -0.466 e. The number of alkyl halides is 3. The lowest BCUT2D eigenvalue weighted by Crippen LogP contribution is -2.30. The molecule has 0 saturated carbocycles. The highest BCUT2D eigenvalue weighted by molar-refractivity contribution is 5.92. The molecule has 0 spiro atoms. The van der Waals surface area contributed by atoms with Gasteiger partial charge in [0.1, 0.15) is 12.4 Å². The molecule has 9 heteroatoms. The molecule has 1 N–H and O–H groups in total. The monoisotopic (exact) mass is 352 g/mol. The Hall–Kier alpha value is -2.84. The Labute approximate surface area is 141 Å². The fourth-order valence-electron chi connectivity index (χ4n) is 2.80. The van der Waals surface area contributed by atoms with Crippen LogP contribution in [0.1, 0.15) is 30.5 Å². The van der Waals surface area contributed by atoms with E-state index < -0.39 is 23.8 Å². The molecule has 0 aliphatic carbocycles. The first-order chi connectivity index (χ1) is 11.9. The van der Waals surface area contributed by atoms with Crippen LogP contribution in [-0.4, -0.2) is 27.8 Å². The molecule has 0 radical (unpaired) electrons. The number of halogens is 3. The second-order valence-electron chi connectivity index (χ2n) is 5.41. The Balaban J connectivity index is 2.13. The van der Waals surface area contributed by atoms with Gasteiger partial charge in [0.2, 0.25) is 5.95 Å². The normalized spacial score (nSPS) is 17.1. The standard InChI is InChI=1S/C16H15F3N4O2/c1-3-11-12(14(24)25-2)13(23-15(22-11)20-8-21-23)9-4-6-10(7-5-9)16(17,18)19/h4-8,13H,3H2,1-2H3,(H,20,21,22)/t13-/m1/s1. The van der Waals surface area contributed by atoms with Gasteiger partial charge in [-0.3, -0.25) is 0 Å². The van der Waals surface area contributed by atoms with Crippen LogP contribution in [0.5, 0.6) is 0 Å². The van der Waals surface area contributed by atoms with Crippen molar-refractivity contribution in [3.8, 4) is 0 Å². The van der Waals surface area contributed by atoms with Gasteiger partial charge in [0.15, 0.2) is 0 Å². The van der Waals surface area contributed by atoms with Crippen LogP contribution in [0.15, 0.2) is 41.9 Å². The predicted octanol–water partition coefficient (Wildman–Crippen LogP) is 3.15. The summed E-state index contributed by atoms with van der Waals surface area (Å²) in [6, 6.07) is 3.91. The van der Waals surface area contributed by atoms with Crippen molar-refractivity contribution in [2.75, 3.05) is 12.4 Å². The molecular formula is C16H15F3N4O2. The zero-order chi connectivity index (χ0) is 18.2. The molecule has 2 aromatic rings. The van der Waals surface area contributed by atoms with E-state index in [1.807, 2.05) is 6.92 Å². The molecular weight excluding hydrogens is 337 g/mol. The Morgan fingerprint density at radius 3 is 2.56 bits per heavy atom. The van der Waals surface area contributed by atoms with Crippen molar-refractivity contribution in [3.63, 3.8) is 0 Å². The number of carbonyl (C=O) groups is 1. The summed E-state index contributed by atoms with van der Waals surface area (Å²) in [5.41, 5.74) is 0.607. The summed E-state index contributed by atoms with van der Waals surface area (Å²) in [5.74, 6) is -0.162. The molecule has 6 nitrogen and oxygen atoms in total. The second kappa shape index (κ2) is 6.23. The highest BCUT2D eigenvalue weighted by Crippen LogP contribution is 2.37. The summed E-state index contributed by atoms with van der Waals surface area (Å²) in [6.07, 6.45) is -2.62. The van der Waals surface area contributed by atoms with E-state index in [9.17, 15) is 18.0 Å². The van der Waals surface area contributed by atoms with E-state index in [-0.39, 0.29) is 0 Å². The summed E-state index contributed by atoms with van der Waals surface area (Å²) in [6.45, 7) is 1.85. The number of nitrogens with one attached hydrogen (secondary N) is 1. The zero-order valence-corrected chi connectivity index (χ0v) is 13.5. The van der Waals surface area contributed by atoms with E-state index in [0.717, 1.165) is 12.1 Å². The maximum absolute atomic E-state index is 12.8. The number of benzene rings is 1. The van der Waals surface area contributed by atoms with Crippen molar-refractivity contribution in [1.29, 1.82) is 0 Å². The molecule has 1 aliphatic heterocycles. The number of nitrogens with zero attached hydrogens (tertiary/aromatic N) is 3. The van der Waals surface area contributed by atoms with Crippen molar-refractivity contribution in [2.24, 2.45) is 0 Å². The minimum absolute atomic E-state index is 0.294. The average molecular weight is 352 g/mol. The molecule has 0 bridgehead atoms. The number of allylic oxidation sites excluding steroid dienone is 1. The number of ether oxygens (including phenoxy) is 1. The van der Waals surface area contributed by atoms with Crippen LogP contribution in [0, 0.1) is 0 Å². The minimum atomic E-state index is -4.43. The first-order valence-electron chi connectivity index (χ1n) is 7.51. The van der Waals surface area contributed by atoms with Crippen LogP contribution in [0.25, 0.3) is 0 Å². The molecule has 0 saturated heterocycles. The van der Waals surface area contributed by atoms with Crippen LogP contribution in [-0.2, 0) is 15.7 Å². The molecule has 0 unspecified atom stereocenters. The molecule has 1 atom stereocenters. The number of fused-ring (bicyclic) bond motifs is 1.